The summed E-state index contributed by atoms with van der Waals surface area (Å²) in [6.07, 6.45) is 4.60. The molecule has 14 heavy (non-hydrogen) atoms. The fourth-order valence-corrected chi connectivity index (χ4v) is 2.38. The fourth-order valence-electron chi connectivity index (χ4n) is 1.58. The maximum absolute atomic E-state index is 11.5. The van der Waals surface area contributed by atoms with Gasteiger partial charge in [-0.25, -0.2) is 4.79 Å². The highest BCUT2D eigenvalue weighted by molar-refractivity contribution is 7.12. The minimum Gasteiger partial charge on any atom is -0.472 e. The predicted molar refractivity (Wildman–Crippen MR) is 51.7 cm³/mol. The molecule has 70 valence electrons. The van der Waals surface area contributed by atoms with Gasteiger partial charge in [0.05, 0.1) is 12.5 Å². The number of hydrogen-bond acceptors (Lipinski definition) is 4. The van der Waals surface area contributed by atoms with E-state index < -0.39 is 0 Å². The highest BCUT2D eigenvalue weighted by Crippen LogP contribution is 2.35. The Morgan fingerprint density at radius 1 is 1.43 bits per heavy atom. The average Bonchev–Trinajstić information content (AvgIpc) is 2.67. The van der Waals surface area contributed by atoms with Gasteiger partial charge in [-0.2, -0.15) is 0 Å². The number of rotatable bonds is 0. The highest BCUT2D eigenvalue weighted by atomic mass is 32.1. The molecular formula is C10H6O3S. The van der Waals surface area contributed by atoms with E-state index in [0.29, 0.717) is 4.88 Å². The van der Waals surface area contributed by atoms with Gasteiger partial charge in [0.15, 0.2) is 6.10 Å². The van der Waals surface area contributed by atoms with E-state index in [1.54, 1.807) is 12.3 Å². The van der Waals surface area contributed by atoms with Gasteiger partial charge in [-0.05, 0) is 17.5 Å². The summed E-state index contributed by atoms with van der Waals surface area (Å²) in [5.41, 5.74) is 1.85. The second-order valence-corrected chi connectivity index (χ2v) is 3.94. The first-order valence-electron chi connectivity index (χ1n) is 4.17. The minimum absolute atomic E-state index is 0.247. The van der Waals surface area contributed by atoms with Crippen LogP contribution in [0.5, 0.6) is 0 Å². The van der Waals surface area contributed by atoms with Crippen LogP contribution in [0, 0.1) is 0 Å². The number of carbonyl (C=O) groups excluding carboxylic acids is 1. The van der Waals surface area contributed by atoms with E-state index in [-0.39, 0.29) is 12.1 Å². The first kappa shape index (κ1) is 7.82. The highest BCUT2D eigenvalue weighted by Gasteiger charge is 2.31. The number of fused-ring (bicyclic) bond motifs is 3. The Balaban J connectivity index is 2.19. The van der Waals surface area contributed by atoms with Crippen molar-refractivity contribution in [2.45, 2.75) is 6.10 Å². The summed E-state index contributed by atoms with van der Waals surface area (Å²) < 4.78 is 10.3. The third-order valence-electron chi connectivity index (χ3n) is 2.23. The zero-order valence-corrected chi connectivity index (χ0v) is 7.91. The number of esters is 1. The van der Waals surface area contributed by atoms with E-state index in [4.69, 9.17) is 9.47 Å². The molecule has 1 aromatic rings. The van der Waals surface area contributed by atoms with Crippen molar-refractivity contribution in [3.63, 3.8) is 0 Å². The molecular weight excluding hydrogens is 200 g/mol. The van der Waals surface area contributed by atoms with Crippen molar-refractivity contribution in [1.82, 2.24) is 0 Å². The quantitative estimate of drug-likeness (QED) is 0.610. The average molecular weight is 206 g/mol. The van der Waals surface area contributed by atoms with Gasteiger partial charge in [0.2, 0.25) is 0 Å². The fraction of sp³-hybridized carbons (Fsp3) is 0.100. The van der Waals surface area contributed by atoms with E-state index in [1.165, 1.54) is 17.6 Å². The van der Waals surface area contributed by atoms with Gasteiger partial charge in [-0.1, -0.05) is 0 Å². The van der Waals surface area contributed by atoms with Crippen LogP contribution < -0.4 is 0 Å². The second kappa shape index (κ2) is 2.72. The number of hydrogen-bond donors (Lipinski definition) is 0. The second-order valence-electron chi connectivity index (χ2n) is 3.03. The van der Waals surface area contributed by atoms with Crippen LogP contribution in [0.1, 0.15) is 15.2 Å². The van der Waals surface area contributed by atoms with Crippen molar-refractivity contribution >= 4 is 22.9 Å². The lowest BCUT2D eigenvalue weighted by molar-refractivity contribution is 0.0455. The van der Waals surface area contributed by atoms with E-state index in [9.17, 15) is 4.79 Å². The van der Waals surface area contributed by atoms with Crippen LogP contribution in [-0.4, -0.2) is 12.1 Å². The van der Waals surface area contributed by atoms with Crippen LogP contribution in [0.2, 0.25) is 0 Å². The van der Waals surface area contributed by atoms with Crippen LogP contribution in [-0.2, 0) is 9.47 Å². The molecule has 3 rings (SSSR count). The van der Waals surface area contributed by atoms with Gasteiger partial charge in [-0.3, -0.25) is 0 Å². The van der Waals surface area contributed by atoms with Crippen molar-refractivity contribution in [1.29, 1.82) is 0 Å². The summed E-state index contributed by atoms with van der Waals surface area (Å²) >= 11 is 1.39. The van der Waals surface area contributed by atoms with Gasteiger partial charge in [0.1, 0.15) is 4.88 Å². The summed E-state index contributed by atoms with van der Waals surface area (Å²) in [6, 6.07) is 1.92. The molecule has 1 aromatic heterocycles. The number of carbonyl (C=O) groups is 1. The lowest BCUT2D eigenvalue weighted by atomic mass is 9.99. The number of ether oxygens (including phenoxy) is 2. The lowest BCUT2D eigenvalue weighted by Crippen LogP contribution is -2.24. The molecule has 0 saturated heterocycles. The standard InChI is InChI=1S/C10H6O3S/c11-10-9-6(2-4-14-9)7-5-12-3-1-8(7)13-10/h1-5,8H. The summed E-state index contributed by atoms with van der Waals surface area (Å²) in [5.74, 6) is -0.247. The van der Waals surface area contributed by atoms with Crippen molar-refractivity contribution in [3.8, 4) is 0 Å². The minimum atomic E-state index is -0.279. The van der Waals surface area contributed by atoms with Crippen LogP contribution >= 0.6 is 11.3 Å². The molecule has 2 aliphatic heterocycles. The molecule has 0 fully saturated rings. The molecule has 0 aliphatic carbocycles. The Morgan fingerprint density at radius 3 is 3.29 bits per heavy atom. The Morgan fingerprint density at radius 2 is 2.36 bits per heavy atom. The molecule has 0 spiro atoms. The van der Waals surface area contributed by atoms with E-state index >= 15 is 0 Å². The largest absolute Gasteiger partial charge is 0.472 e. The molecule has 3 heterocycles. The maximum Gasteiger partial charge on any atom is 0.349 e. The zero-order valence-electron chi connectivity index (χ0n) is 7.10. The summed E-state index contributed by atoms with van der Waals surface area (Å²) in [7, 11) is 0. The molecule has 1 atom stereocenters. The van der Waals surface area contributed by atoms with Crippen LogP contribution in [0.15, 0.2) is 30.0 Å². The van der Waals surface area contributed by atoms with Gasteiger partial charge in [-0.15, -0.1) is 11.3 Å². The Kier molecular flexibility index (Phi) is 1.52. The van der Waals surface area contributed by atoms with Crippen LogP contribution in [0.3, 0.4) is 0 Å². The molecule has 0 radical (unpaired) electrons. The van der Waals surface area contributed by atoms with E-state index in [0.717, 1.165) is 11.1 Å². The lowest BCUT2D eigenvalue weighted by Gasteiger charge is -2.24. The summed E-state index contributed by atoms with van der Waals surface area (Å²) in [5, 5.41) is 1.88. The first-order chi connectivity index (χ1) is 6.86. The molecule has 2 aliphatic rings. The van der Waals surface area contributed by atoms with Crippen LogP contribution in [0.4, 0.5) is 0 Å². The van der Waals surface area contributed by atoms with Gasteiger partial charge in [0.25, 0.3) is 0 Å². The topological polar surface area (TPSA) is 35.5 Å². The smallest absolute Gasteiger partial charge is 0.349 e. The van der Waals surface area contributed by atoms with Crippen LogP contribution in [0.25, 0.3) is 5.57 Å². The summed E-state index contributed by atoms with van der Waals surface area (Å²) in [4.78, 5) is 12.1. The Bertz CT molecular complexity index is 456. The van der Waals surface area contributed by atoms with Gasteiger partial charge < -0.3 is 9.47 Å². The molecule has 0 aromatic carbocycles. The van der Waals surface area contributed by atoms with Crippen molar-refractivity contribution in [2.75, 3.05) is 0 Å². The third kappa shape index (κ3) is 0.943. The molecule has 4 heteroatoms. The monoisotopic (exact) mass is 206 g/mol. The normalized spacial score (nSPS) is 23.0. The van der Waals surface area contributed by atoms with Crippen molar-refractivity contribution < 1.29 is 14.3 Å². The molecule has 0 saturated carbocycles. The molecule has 1 unspecified atom stereocenters. The van der Waals surface area contributed by atoms with Gasteiger partial charge in [0, 0.05) is 11.1 Å². The number of thiophene rings is 1. The molecule has 3 nitrogen and oxygen atoms in total. The summed E-state index contributed by atoms with van der Waals surface area (Å²) in [6.45, 7) is 0. The molecule has 0 amide bonds. The van der Waals surface area contributed by atoms with Gasteiger partial charge >= 0.3 is 5.97 Å². The molecule has 0 N–H and O–H groups in total. The predicted octanol–water partition coefficient (Wildman–Crippen LogP) is 2.17. The first-order valence-corrected chi connectivity index (χ1v) is 5.05. The van der Waals surface area contributed by atoms with Crippen molar-refractivity contribution in [2.24, 2.45) is 0 Å². The zero-order chi connectivity index (χ0) is 9.54. The van der Waals surface area contributed by atoms with Crippen molar-refractivity contribution in [3.05, 3.63) is 40.5 Å². The SMILES string of the molecule is O=C1OC2C=COC=C2c2ccsc21. The Labute approximate surface area is 84.3 Å². The van der Waals surface area contributed by atoms with E-state index in [2.05, 4.69) is 0 Å². The molecule has 0 bridgehead atoms. The third-order valence-corrected chi connectivity index (χ3v) is 3.12. The van der Waals surface area contributed by atoms with E-state index in [1.807, 2.05) is 11.4 Å². The maximum atomic E-state index is 11.5. The Hall–Kier alpha value is -1.55.